The second kappa shape index (κ2) is 8.82. The first-order chi connectivity index (χ1) is 15.2. The molecule has 0 saturated heterocycles. The van der Waals surface area contributed by atoms with E-state index in [2.05, 4.69) is 15.4 Å². The number of halogens is 4. The quantitative estimate of drug-likeness (QED) is 0.574. The van der Waals surface area contributed by atoms with Gasteiger partial charge in [-0.15, -0.1) is 5.10 Å². The molecule has 1 aliphatic carbocycles. The summed E-state index contributed by atoms with van der Waals surface area (Å²) in [4.78, 5) is 27.2. The maximum Gasteiger partial charge on any atom is 0.416 e. The minimum absolute atomic E-state index is 0.0268. The highest BCUT2D eigenvalue weighted by atomic mass is 35.5. The van der Waals surface area contributed by atoms with Gasteiger partial charge in [0.2, 0.25) is 5.91 Å². The topological polar surface area (TPSA) is 79.8 Å². The van der Waals surface area contributed by atoms with Crippen molar-refractivity contribution in [3.63, 3.8) is 0 Å². The smallest absolute Gasteiger partial charge is 0.352 e. The fourth-order valence-corrected chi connectivity index (χ4v) is 4.00. The third-order valence-electron chi connectivity index (χ3n) is 5.54. The number of aromatic nitrogens is 3. The molecule has 168 valence electrons. The summed E-state index contributed by atoms with van der Waals surface area (Å²) in [6.45, 7) is 0.309. The predicted octanol–water partition coefficient (Wildman–Crippen LogP) is 4.71. The molecule has 0 spiro atoms. The lowest BCUT2D eigenvalue weighted by atomic mass is 10.1. The summed E-state index contributed by atoms with van der Waals surface area (Å²) in [6, 6.07) is 9.24. The minimum Gasteiger partial charge on any atom is -0.352 e. The van der Waals surface area contributed by atoms with Gasteiger partial charge in [-0.2, -0.15) is 17.9 Å². The summed E-state index contributed by atoms with van der Waals surface area (Å²) in [5.74, 6) is 0.250. The van der Waals surface area contributed by atoms with Gasteiger partial charge in [-0.1, -0.05) is 30.5 Å². The molecule has 0 radical (unpaired) electrons. The van der Waals surface area contributed by atoms with Crippen LogP contribution in [0, 0.1) is 5.92 Å². The second-order valence-corrected chi connectivity index (χ2v) is 8.16. The molecule has 0 bridgehead atoms. The molecule has 32 heavy (non-hydrogen) atoms. The molecule has 2 N–H and O–H groups in total. The largest absolute Gasteiger partial charge is 0.416 e. The van der Waals surface area contributed by atoms with Crippen LogP contribution in [0.5, 0.6) is 0 Å². The molecule has 1 fully saturated rings. The Bertz CT molecular complexity index is 1180. The Morgan fingerprint density at radius 1 is 1.16 bits per heavy atom. The lowest BCUT2D eigenvalue weighted by Gasteiger charge is -2.11. The van der Waals surface area contributed by atoms with Gasteiger partial charge in [0.15, 0.2) is 5.82 Å². The first-order valence-electron chi connectivity index (χ1n) is 10.2. The highest BCUT2D eigenvalue weighted by molar-refractivity contribution is 6.33. The zero-order chi connectivity index (χ0) is 22.9. The van der Waals surface area contributed by atoms with Crippen LogP contribution in [0.3, 0.4) is 0 Å². The maximum atomic E-state index is 12.8. The summed E-state index contributed by atoms with van der Waals surface area (Å²) in [7, 11) is 0. The van der Waals surface area contributed by atoms with E-state index >= 15 is 0 Å². The summed E-state index contributed by atoms with van der Waals surface area (Å²) in [5.41, 5.74) is -0.0273. The second-order valence-electron chi connectivity index (χ2n) is 7.75. The maximum absolute atomic E-state index is 12.8. The molecule has 1 saturated carbocycles. The number of benzene rings is 2. The molecule has 3 aromatic rings. The Morgan fingerprint density at radius 2 is 1.84 bits per heavy atom. The zero-order valence-electron chi connectivity index (χ0n) is 16.9. The van der Waals surface area contributed by atoms with Gasteiger partial charge in [-0.3, -0.25) is 9.78 Å². The van der Waals surface area contributed by atoms with Crippen LogP contribution in [-0.4, -0.2) is 20.7 Å². The molecule has 0 unspecified atom stereocenters. The van der Waals surface area contributed by atoms with Crippen molar-refractivity contribution in [3.05, 3.63) is 69.1 Å². The summed E-state index contributed by atoms with van der Waals surface area (Å²) < 4.78 is 39.3. The number of aromatic amines is 1. The highest BCUT2D eigenvalue weighted by Crippen LogP contribution is 2.30. The van der Waals surface area contributed by atoms with Gasteiger partial charge < -0.3 is 5.32 Å². The normalized spacial score (nSPS) is 14.6. The lowest BCUT2D eigenvalue weighted by Crippen LogP contribution is -2.28. The van der Waals surface area contributed by atoms with E-state index in [4.69, 9.17) is 11.6 Å². The van der Waals surface area contributed by atoms with Gasteiger partial charge in [0.25, 0.3) is 0 Å². The van der Waals surface area contributed by atoms with E-state index < -0.39 is 17.4 Å². The number of nitrogens with one attached hydrogen (secondary N) is 2. The Balaban J connectivity index is 1.55. The number of H-pyrrole nitrogens is 1. The number of alkyl halides is 3. The van der Waals surface area contributed by atoms with Crippen LogP contribution in [0.25, 0.3) is 17.1 Å². The standard InChI is InChI=1S/C22H20ClF3N4O2/c23-18-10-5-13(12-27-20(31)14-3-1-2-4-14)11-17(18)19-28-21(32)30(29-19)16-8-6-15(7-9-16)22(24,25)26/h5-11,14H,1-4,12H2,(H,27,31)(H,28,29,32). The molecule has 1 heterocycles. The number of carbonyl (C=O) groups is 1. The van der Waals surface area contributed by atoms with Crippen LogP contribution in [-0.2, 0) is 17.5 Å². The van der Waals surface area contributed by atoms with Crippen LogP contribution < -0.4 is 11.0 Å². The fraction of sp³-hybridized carbons (Fsp3) is 0.318. The van der Waals surface area contributed by atoms with Crippen molar-refractivity contribution in [3.8, 4) is 17.1 Å². The molecular formula is C22H20ClF3N4O2. The van der Waals surface area contributed by atoms with E-state index in [1.165, 1.54) is 12.1 Å². The van der Waals surface area contributed by atoms with E-state index in [0.717, 1.165) is 48.1 Å². The lowest BCUT2D eigenvalue weighted by molar-refractivity contribution is -0.137. The van der Waals surface area contributed by atoms with Crippen molar-refractivity contribution in [2.45, 2.75) is 38.4 Å². The van der Waals surface area contributed by atoms with Crippen molar-refractivity contribution < 1.29 is 18.0 Å². The van der Waals surface area contributed by atoms with E-state index in [1.807, 2.05) is 0 Å². The van der Waals surface area contributed by atoms with Crippen LogP contribution in [0.4, 0.5) is 13.2 Å². The number of hydrogen-bond acceptors (Lipinski definition) is 3. The Morgan fingerprint density at radius 3 is 2.50 bits per heavy atom. The molecule has 1 amide bonds. The van der Waals surface area contributed by atoms with E-state index in [0.29, 0.717) is 17.1 Å². The van der Waals surface area contributed by atoms with Crippen LogP contribution in [0.2, 0.25) is 5.02 Å². The van der Waals surface area contributed by atoms with Gasteiger partial charge in [0, 0.05) is 18.0 Å². The van der Waals surface area contributed by atoms with Crippen molar-refractivity contribution in [1.82, 2.24) is 20.1 Å². The fourth-order valence-electron chi connectivity index (χ4n) is 3.80. The molecule has 6 nitrogen and oxygen atoms in total. The number of hydrogen-bond donors (Lipinski definition) is 2. The van der Waals surface area contributed by atoms with Crippen molar-refractivity contribution >= 4 is 17.5 Å². The monoisotopic (exact) mass is 464 g/mol. The van der Waals surface area contributed by atoms with Gasteiger partial charge in [-0.25, -0.2) is 4.79 Å². The molecule has 0 aliphatic heterocycles. The zero-order valence-corrected chi connectivity index (χ0v) is 17.6. The third kappa shape index (κ3) is 4.72. The number of carbonyl (C=O) groups excluding carboxylic acids is 1. The SMILES string of the molecule is O=C(NCc1ccc(Cl)c(-c2nn(-c3ccc(C(F)(F)F)cc3)c(=O)[nH]2)c1)C1CCCC1. The average Bonchev–Trinajstić information content (AvgIpc) is 3.42. The summed E-state index contributed by atoms with van der Waals surface area (Å²) in [5, 5.41) is 7.46. The molecule has 1 aromatic heterocycles. The van der Waals surface area contributed by atoms with Crippen molar-refractivity contribution in [1.29, 1.82) is 0 Å². The number of amides is 1. The van der Waals surface area contributed by atoms with E-state index in [1.54, 1.807) is 18.2 Å². The van der Waals surface area contributed by atoms with Gasteiger partial charge in [-0.05, 0) is 54.8 Å². The molecule has 0 atom stereocenters. The first kappa shape index (κ1) is 22.1. The van der Waals surface area contributed by atoms with E-state index in [9.17, 15) is 22.8 Å². The minimum atomic E-state index is -4.47. The molecule has 1 aliphatic rings. The van der Waals surface area contributed by atoms with Gasteiger partial charge in [0.05, 0.1) is 16.3 Å². The summed E-state index contributed by atoms with van der Waals surface area (Å²) >= 11 is 6.29. The first-order valence-corrected chi connectivity index (χ1v) is 10.5. The van der Waals surface area contributed by atoms with Gasteiger partial charge in [0.1, 0.15) is 0 Å². The van der Waals surface area contributed by atoms with Crippen LogP contribution >= 0.6 is 11.6 Å². The molecule has 4 rings (SSSR count). The van der Waals surface area contributed by atoms with E-state index in [-0.39, 0.29) is 23.3 Å². The van der Waals surface area contributed by atoms with Crippen LogP contribution in [0.1, 0.15) is 36.8 Å². The summed E-state index contributed by atoms with van der Waals surface area (Å²) in [6.07, 6.45) is -0.529. The highest BCUT2D eigenvalue weighted by Gasteiger charge is 2.30. The van der Waals surface area contributed by atoms with Crippen LogP contribution in [0.15, 0.2) is 47.3 Å². The molecule has 10 heteroatoms. The average molecular weight is 465 g/mol. The number of nitrogens with zero attached hydrogens (tertiary/aromatic N) is 2. The van der Waals surface area contributed by atoms with Gasteiger partial charge >= 0.3 is 11.9 Å². The predicted molar refractivity (Wildman–Crippen MR) is 113 cm³/mol. The Kier molecular flexibility index (Phi) is 6.10. The van der Waals surface area contributed by atoms with Crippen molar-refractivity contribution in [2.24, 2.45) is 5.92 Å². The Hall–Kier alpha value is -3.07. The molecule has 2 aromatic carbocycles. The third-order valence-corrected chi connectivity index (χ3v) is 5.87. The van der Waals surface area contributed by atoms with Crippen molar-refractivity contribution in [2.75, 3.05) is 0 Å². The molecular weight excluding hydrogens is 445 g/mol. The Labute approximate surface area is 186 Å². The number of rotatable bonds is 5.